The molecular formula is C14H18ClN3OS. The minimum Gasteiger partial charge on any atom is -0.396 e. The van der Waals surface area contributed by atoms with Gasteiger partial charge >= 0.3 is 0 Å². The van der Waals surface area contributed by atoms with E-state index < -0.39 is 0 Å². The number of aliphatic hydroxyl groups is 1. The van der Waals surface area contributed by atoms with E-state index in [0.717, 1.165) is 41.7 Å². The summed E-state index contributed by atoms with van der Waals surface area (Å²) >= 11 is 7.69. The van der Waals surface area contributed by atoms with E-state index in [2.05, 4.69) is 28.3 Å². The van der Waals surface area contributed by atoms with Crippen molar-refractivity contribution in [2.24, 2.45) is 5.92 Å². The van der Waals surface area contributed by atoms with Gasteiger partial charge in [0.15, 0.2) is 0 Å². The largest absolute Gasteiger partial charge is 0.396 e. The molecule has 0 saturated heterocycles. The van der Waals surface area contributed by atoms with Gasteiger partial charge < -0.3 is 10.4 Å². The molecule has 0 amide bonds. The predicted molar refractivity (Wildman–Crippen MR) is 83.6 cm³/mol. The van der Waals surface area contributed by atoms with Gasteiger partial charge in [0.1, 0.15) is 10.6 Å². The van der Waals surface area contributed by atoms with Crippen molar-refractivity contribution in [3.63, 3.8) is 0 Å². The monoisotopic (exact) mass is 311 g/mol. The third-order valence-corrected chi connectivity index (χ3v) is 5.32. The Morgan fingerprint density at radius 2 is 2.30 bits per heavy atom. The van der Waals surface area contributed by atoms with E-state index in [0.29, 0.717) is 5.92 Å². The number of aromatic nitrogens is 2. The van der Waals surface area contributed by atoms with Crippen LogP contribution in [0, 0.1) is 5.92 Å². The molecule has 108 valence electrons. The van der Waals surface area contributed by atoms with Crippen LogP contribution in [0.1, 0.15) is 31.1 Å². The molecule has 1 saturated carbocycles. The number of hydrogen-bond acceptors (Lipinski definition) is 5. The van der Waals surface area contributed by atoms with Crippen LogP contribution in [0.15, 0.2) is 6.07 Å². The molecule has 4 nitrogen and oxygen atoms in total. The average Bonchev–Trinajstić information content (AvgIpc) is 3.04. The third kappa shape index (κ3) is 2.62. The van der Waals surface area contributed by atoms with Gasteiger partial charge in [-0.1, -0.05) is 13.3 Å². The highest BCUT2D eigenvalue weighted by Gasteiger charge is 2.27. The zero-order valence-corrected chi connectivity index (χ0v) is 13.0. The molecule has 0 bridgehead atoms. The maximum absolute atomic E-state index is 9.43. The fourth-order valence-electron chi connectivity index (χ4n) is 2.85. The second-order valence-corrected chi connectivity index (χ2v) is 6.70. The molecule has 2 heterocycles. The number of thiophene rings is 1. The second-order valence-electron chi connectivity index (χ2n) is 5.25. The molecule has 2 atom stereocenters. The molecule has 1 aliphatic carbocycles. The van der Waals surface area contributed by atoms with Gasteiger partial charge in [0.25, 0.3) is 0 Å². The lowest BCUT2D eigenvalue weighted by molar-refractivity contribution is 0.222. The molecule has 0 radical (unpaired) electrons. The van der Waals surface area contributed by atoms with Gasteiger partial charge in [0.05, 0.1) is 5.39 Å². The quantitative estimate of drug-likeness (QED) is 0.849. The molecule has 2 aromatic rings. The molecule has 6 heteroatoms. The van der Waals surface area contributed by atoms with Gasteiger partial charge in [0.2, 0.25) is 5.28 Å². The number of fused-ring (bicyclic) bond motifs is 1. The summed E-state index contributed by atoms with van der Waals surface area (Å²) in [5.74, 6) is 1.12. The first-order valence-electron chi connectivity index (χ1n) is 7.04. The van der Waals surface area contributed by atoms with E-state index in [9.17, 15) is 5.11 Å². The second kappa shape index (κ2) is 5.84. The Kier molecular flexibility index (Phi) is 4.10. The Bertz CT molecular complexity index is 616. The number of aliphatic hydroxyl groups excluding tert-OH is 1. The molecule has 2 aromatic heterocycles. The van der Waals surface area contributed by atoms with Gasteiger partial charge in [-0.25, -0.2) is 9.97 Å². The fraction of sp³-hybridized carbons (Fsp3) is 0.571. The van der Waals surface area contributed by atoms with E-state index in [-0.39, 0.29) is 17.9 Å². The molecule has 20 heavy (non-hydrogen) atoms. The lowest BCUT2D eigenvalue weighted by atomic mass is 10.1. The van der Waals surface area contributed by atoms with Crippen molar-refractivity contribution in [1.82, 2.24) is 9.97 Å². The van der Waals surface area contributed by atoms with E-state index >= 15 is 0 Å². The third-order valence-electron chi connectivity index (χ3n) is 3.98. The summed E-state index contributed by atoms with van der Waals surface area (Å²) in [4.78, 5) is 10.9. The first-order chi connectivity index (χ1) is 9.71. The van der Waals surface area contributed by atoms with Crippen LogP contribution in [-0.2, 0) is 6.42 Å². The van der Waals surface area contributed by atoms with Crippen LogP contribution < -0.4 is 5.32 Å². The van der Waals surface area contributed by atoms with E-state index in [1.165, 1.54) is 4.88 Å². The summed E-state index contributed by atoms with van der Waals surface area (Å²) in [6.07, 6.45) is 4.27. The van der Waals surface area contributed by atoms with Crippen molar-refractivity contribution in [3.05, 3.63) is 16.2 Å². The standard InChI is InChI=1S/C14H18ClN3OS/c1-2-9-6-10-12(17-14(15)18-13(10)20-9)16-11-5-3-4-8(11)7-19/h6,8,11,19H,2-5,7H2,1H3,(H,16,17,18). The molecule has 2 N–H and O–H groups in total. The van der Waals surface area contributed by atoms with Crippen molar-refractivity contribution in [3.8, 4) is 0 Å². The van der Waals surface area contributed by atoms with E-state index in [1.807, 2.05) is 0 Å². The number of hydrogen-bond donors (Lipinski definition) is 2. The lowest BCUT2D eigenvalue weighted by Gasteiger charge is -2.20. The lowest BCUT2D eigenvalue weighted by Crippen LogP contribution is -2.26. The van der Waals surface area contributed by atoms with Gasteiger partial charge in [-0.15, -0.1) is 11.3 Å². The minimum absolute atomic E-state index is 0.226. The fourth-order valence-corrected chi connectivity index (χ4v) is 4.04. The first kappa shape index (κ1) is 14.0. The highest BCUT2D eigenvalue weighted by Crippen LogP contribution is 2.33. The van der Waals surface area contributed by atoms with E-state index in [4.69, 9.17) is 11.6 Å². The van der Waals surface area contributed by atoms with Crippen LogP contribution in [0.5, 0.6) is 0 Å². The average molecular weight is 312 g/mol. The normalized spacial score (nSPS) is 22.6. The van der Waals surface area contributed by atoms with Crippen molar-refractivity contribution < 1.29 is 5.11 Å². The summed E-state index contributed by atoms with van der Waals surface area (Å²) in [6, 6.07) is 2.42. The van der Waals surface area contributed by atoms with Crippen LogP contribution in [0.2, 0.25) is 5.28 Å². The van der Waals surface area contributed by atoms with Gasteiger partial charge in [-0.3, -0.25) is 0 Å². The molecule has 0 spiro atoms. The Hall–Kier alpha value is -0.910. The molecular weight excluding hydrogens is 294 g/mol. The predicted octanol–water partition coefficient (Wildman–Crippen LogP) is 3.48. The van der Waals surface area contributed by atoms with Gasteiger partial charge in [-0.2, -0.15) is 0 Å². The minimum atomic E-state index is 0.226. The number of anilines is 1. The zero-order valence-electron chi connectivity index (χ0n) is 11.4. The molecule has 2 unspecified atom stereocenters. The number of nitrogens with one attached hydrogen (secondary N) is 1. The van der Waals surface area contributed by atoms with Crippen molar-refractivity contribution >= 4 is 39.0 Å². The van der Waals surface area contributed by atoms with Crippen LogP contribution in [0.3, 0.4) is 0 Å². The number of halogens is 1. The Morgan fingerprint density at radius 1 is 1.45 bits per heavy atom. The highest BCUT2D eigenvalue weighted by molar-refractivity contribution is 7.18. The summed E-state index contributed by atoms with van der Waals surface area (Å²) in [5.41, 5.74) is 0. The summed E-state index contributed by atoms with van der Waals surface area (Å²) in [7, 11) is 0. The van der Waals surface area contributed by atoms with Crippen molar-refractivity contribution in [2.75, 3.05) is 11.9 Å². The smallest absolute Gasteiger partial charge is 0.225 e. The van der Waals surface area contributed by atoms with Crippen LogP contribution in [-0.4, -0.2) is 27.7 Å². The molecule has 1 aliphatic rings. The number of aryl methyl sites for hydroxylation is 1. The first-order valence-corrected chi connectivity index (χ1v) is 8.24. The van der Waals surface area contributed by atoms with Crippen molar-refractivity contribution in [2.45, 2.75) is 38.6 Å². The van der Waals surface area contributed by atoms with Crippen LogP contribution >= 0.6 is 22.9 Å². The molecule has 0 aliphatic heterocycles. The van der Waals surface area contributed by atoms with E-state index in [1.54, 1.807) is 11.3 Å². The topological polar surface area (TPSA) is 58.0 Å². The molecule has 1 fully saturated rings. The van der Waals surface area contributed by atoms with Gasteiger partial charge in [-0.05, 0) is 36.9 Å². The summed E-state index contributed by atoms with van der Waals surface area (Å²) in [6.45, 7) is 2.36. The van der Waals surface area contributed by atoms with Crippen LogP contribution in [0.4, 0.5) is 5.82 Å². The maximum atomic E-state index is 9.43. The van der Waals surface area contributed by atoms with Crippen LogP contribution in [0.25, 0.3) is 10.2 Å². The van der Waals surface area contributed by atoms with Crippen molar-refractivity contribution in [1.29, 1.82) is 0 Å². The zero-order chi connectivity index (χ0) is 14.1. The SMILES string of the molecule is CCc1cc2c(NC3CCCC3CO)nc(Cl)nc2s1. The Morgan fingerprint density at radius 3 is 3.05 bits per heavy atom. The highest BCUT2D eigenvalue weighted by atomic mass is 35.5. The van der Waals surface area contributed by atoms with Gasteiger partial charge in [0, 0.05) is 23.4 Å². The molecule has 0 aromatic carbocycles. The number of rotatable bonds is 4. The Balaban J connectivity index is 1.95. The Labute approximate surface area is 127 Å². The summed E-state index contributed by atoms with van der Waals surface area (Å²) < 4.78 is 0. The summed E-state index contributed by atoms with van der Waals surface area (Å²) in [5, 5.41) is 14.2. The molecule has 3 rings (SSSR count). The number of nitrogens with zero attached hydrogens (tertiary/aromatic N) is 2. The maximum Gasteiger partial charge on any atom is 0.225 e.